The van der Waals surface area contributed by atoms with Gasteiger partial charge in [-0.1, -0.05) is 41.2 Å². The molecule has 2 heterocycles. The van der Waals surface area contributed by atoms with Crippen molar-refractivity contribution in [3.63, 3.8) is 0 Å². The number of benzene rings is 2. The zero-order valence-electron chi connectivity index (χ0n) is 20.6. The van der Waals surface area contributed by atoms with Crippen LogP contribution in [0.4, 0.5) is 0 Å². The Bertz CT molecular complexity index is 1540. The van der Waals surface area contributed by atoms with Gasteiger partial charge >= 0.3 is 5.97 Å². The Hall–Kier alpha value is -1.99. The molecule has 2 aromatic carbocycles. The molecule has 0 fully saturated rings. The second-order valence-corrected chi connectivity index (χ2v) is 12.1. The smallest absolute Gasteiger partial charge is 0.338 e. The first-order chi connectivity index (χ1) is 17.1. The Kier molecular flexibility index (Phi) is 8.40. The molecule has 4 rings (SSSR count). The van der Waals surface area contributed by atoms with Crippen molar-refractivity contribution >= 4 is 68.6 Å². The lowest BCUT2D eigenvalue weighted by atomic mass is 9.95. The van der Waals surface area contributed by atoms with Crippen LogP contribution in [0.15, 0.2) is 57.5 Å². The first kappa shape index (κ1) is 27.1. The minimum atomic E-state index is -0.620. The largest absolute Gasteiger partial charge is 0.489 e. The predicted molar refractivity (Wildman–Crippen MR) is 159 cm³/mol. The van der Waals surface area contributed by atoms with E-state index in [1.165, 1.54) is 11.3 Å². The normalized spacial score (nSPS) is 15.7. The van der Waals surface area contributed by atoms with E-state index in [4.69, 9.17) is 9.47 Å². The van der Waals surface area contributed by atoms with Crippen molar-refractivity contribution in [1.82, 2.24) is 4.57 Å². The second-order valence-electron chi connectivity index (χ2n) is 8.69. The lowest BCUT2D eigenvalue weighted by Gasteiger charge is -2.24. The molecule has 0 radical (unpaired) electrons. The summed E-state index contributed by atoms with van der Waals surface area (Å²) in [6.45, 7) is 9.76. The third kappa shape index (κ3) is 5.47. The summed E-state index contributed by atoms with van der Waals surface area (Å²) in [5, 5.41) is 0. The average Bonchev–Trinajstić information content (AvgIpc) is 3.10. The third-order valence-corrected chi connectivity index (χ3v) is 7.99. The monoisotopic (exact) mass is 728 g/mol. The molecule has 1 aliphatic rings. The second kappa shape index (κ2) is 11.2. The number of hydrogen-bond acceptors (Lipinski definition) is 6. The van der Waals surface area contributed by atoms with Crippen molar-refractivity contribution in [3.8, 4) is 5.75 Å². The number of nitrogens with zero attached hydrogens (tertiary/aromatic N) is 2. The zero-order chi connectivity index (χ0) is 26.1. The topological polar surface area (TPSA) is 69.9 Å². The standard InChI is InChI=1S/C27H26I2N2O4S/c1-6-34-26(33)22-16(5)30-27-31(23(22)17-9-7-15(4)8-10-17)25(32)21(36-27)12-18-11-19(28)13-20(29)24(18)35-14(2)3/h7-14,23H,6H2,1-5H3/b21-12-/t23-/m1/s1. The summed E-state index contributed by atoms with van der Waals surface area (Å²) in [6, 6.07) is 11.3. The number of allylic oxidation sites excluding steroid dienone is 1. The van der Waals surface area contributed by atoms with Gasteiger partial charge in [-0.3, -0.25) is 9.36 Å². The lowest BCUT2D eigenvalue weighted by molar-refractivity contribution is -0.139. The Morgan fingerprint density at radius 2 is 1.89 bits per heavy atom. The lowest BCUT2D eigenvalue weighted by Crippen LogP contribution is -2.39. The highest BCUT2D eigenvalue weighted by molar-refractivity contribution is 14.1. The molecule has 0 spiro atoms. The van der Waals surface area contributed by atoms with Crippen LogP contribution in [-0.4, -0.2) is 23.2 Å². The molecule has 0 saturated heterocycles. The quantitative estimate of drug-likeness (QED) is 0.262. The molecule has 0 aliphatic carbocycles. The molecule has 188 valence electrons. The summed E-state index contributed by atoms with van der Waals surface area (Å²) in [6.07, 6.45) is 1.85. The van der Waals surface area contributed by atoms with Gasteiger partial charge in [0, 0.05) is 9.13 Å². The fourth-order valence-corrected chi connectivity index (χ4v) is 7.10. The van der Waals surface area contributed by atoms with Crippen LogP contribution in [0.1, 0.15) is 50.4 Å². The van der Waals surface area contributed by atoms with E-state index in [2.05, 4.69) is 50.2 Å². The Labute approximate surface area is 241 Å². The number of aromatic nitrogens is 1. The molecular weight excluding hydrogens is 702 g/mol. The molecule has 0 N–H and O–H groups in total. The van der Waals surface area contributed by atoms with Gasteiger partial charge in [0.2, 0.25) is 0 Å². The number of ether oxygens (including phenoxy) is 2. The third-order valence-electron chi connectivity index (χ3n) is 5.59. The van der Waals surface area contributed by atoms with Crippen LogP contribution in [0.3, 0.4) is 0 Å². The van der Waals surface area contributed by atoms with Gasteiger partial charge in [0.15, 0.2) is 4.80 Å². The number of carbonyl (C=O) groups excluding carboxylic acids is 1. The Balaban J connectivity index is 1.97. The Morgan fingerprint density at radius 3 is 2.53 bits per heavy atom. The van der Waals surface area contributed by atoms with E-state index >= 15 is 0 Å². The molecular formula is C27H26I2N2O4S. The van der Waals surface area contributed by atoms with E-state index in [0.29, 0.717) is 20.6 Å². The van der Waals surface area contributed by atoms with Crippen LogP contribution in [-0.2, 0) is 9.53 Å². The highest BCUT2D eigenvalue weighted by atomic mass is 127. The number of rotatable bonds is 6. The average molecular weight is 728 g/mol. The van der Waals surface area contributed by atoms with E-state index in [9.17, 15) is 9.59 Å². The van der Waals surface area contributed by atoms with Gasteiger partial charge in [0.05, 0.1) is 38.1 Å². The molecule has 0 saturated carbocycles. The first-order valence-electron chi connectivity index (χ1n) is 11.5. The summed E-state index contributed by atoms with van der Waals surface area (Å²) >= 11 is 5.84. The highest BCUT2D eigenvalue weighted by Crippen LogP contribution is 2.32. The summed E-state index contributed by atoms with van der Waals surface area (Å²) in [5.74, 6) is 0.286. The van der Waals surface area contributed by atoms with E-state index in [1.807, 2.05) is 63.2 Å². The maximum Gasteiger partial charge on any atom is 0.338 e. The summed E-state index contributed by atoms with van der Waals surface area (Å²) in [7, 11) is 0. The first-order valence-corrected chi connectivity index (χ1v) is 14.5. The van der Waals surface area contributed by atoms with Crippen molar-refractivity contribution in [2.75, 3.05) is 6.61 Å². The molecule has 0 amide bonds. The number of esters is 1. The zero-order valence-corrected chi connectivity index (χ0v) is 25.7. The van der Waals surface area contributed by atoms with Gasteiger partial charge in [-0.25, -0.2) is 9.79 Å². The molecule has 9 heteroatoms. The number of halogens is 2. The van der Waals surface area contributed by atoms with Crippen molar-refractivity contribution in [3.05, 3.63) is 91.2 Å². The minimum Gasteiger partial charge on any atom is -0.489 e. The molecule has 1 aliphatic heterocycles. The van der Waals surface area contributed by atoms with E-state index in [-0.39, 0.29) is 18.3 Å². The molecule has 36 heavy (non-hydrogen) atoms. The number of hydrogen-bond donors (Lipinski definition) is 0. The highest BCUT2D eigenvalue weighted by Gasteiger charge is 2.33. The maximum atomic E-state index is 13.9. The van der Waals surface area contributed by atoms with Crippen LogP contribution in [0.2, 0.25) is 0 Å². The molecule has 1 aromatic heterocycles. The number of aryl methyl sites for hydroxylation is 1. The van der Waals surface area contributed by atoms with Crippen LogP contribution in [0.25, 0.3) is 6.08 Å². The predicted octanol–water partition coefficient (Wildman–Crippen LogP) is 5.10. The fourth-order valence-electron chi connectivity index (χ4n) is 4.04. The van der Waals surface area contributed by atoms with Gasteiger partial charge in [-0.2, -0.15) is 0 Å². The number of fused-ring (bicyclic) bond motifs is 1. The molecule has 0 unspecified atom stereocenters. The molecule has 0 bridgehead atoms. The van der Waals surface area contributed by atoms with Crippen LogP contribution in [0, 0.1) is 14.1 Å². The summed E-state index contributed by atoms with van der Waals surface area (Å²) in [5.41, 5.74) is 3.49. The number of thiazole rings is 1. The van der Waals surface area contributed by atoms with Gasteiger partial charge < -0.3 is 9.47 Å². The van der Waals surface area contributed by atoms with Gasteiger partial charge in [-0.15, -0.1) is 0 Å². The van der Waals surface area contributed by atoms with Gasteiger partial charge in [-0.05, 0) is 104 Å². The van der Waals surface area contributed by atoms with Crippen LogP contribution in [0.5, 0.6) is 5.75 Å². The molecule has 3 aromatic rings. The van der Waals surface area contributed by atoms with E-state index in [0.717, 1.165) is 29.6 Å². The van der Waals surface area contributed by atoms with Crippen molar-refractivity contribution < 1.29 is 14.3 Å². The minimum absolute atomic E-state index is 0.0109. The molecule has 1 atom stereocenters. The number of carbonyl (C=O) groups is 1. The fraction of sp³-hybridized carbons (Fsp3) is 0.296. The van der Waals surface area contributed by atoms with Gasteiger partial charge in [0.1, 0.15) is 5.75 Å². The van der Waals surface area contributed by atoms with E-state index in [1.54, 1.807) is 18.4 Å². The Morgan fingerprint density at radius 1 is 1.19 bits per heavy atom. The maximum absolute atomic E-state index is 13.9. The SMILES string of the molecule is CCOC(=O)C1=C(C)N=c2s/c(=C\c3cc(I)cc(I)c3OC(C)C)c(=O)n2[C@@H]1c1ccc(C)cc1. The summed E-state index contributed by atoms with van der Waals surface area (Å²) < 4.78 is 15.6. The van der Waals surface area contributed by atoms with Gasteiger partial charge in [0.25, 0.3) is 5.56 Å². The van der Waals surface area contributed by atoms with Crippen LogP contribution < -0.4 is 19.6 Å². The van der Waals surface area contributed by atoms with Crippen molar-refractivity contribution in [2.45, 2.75) is 46.8 Å². The van der Waals surface area contributed by atoms with Crippen molar-refractivity contribution in [1.29, 1.82) is 0 Å². The van der Waals surface area contributed by atoms with Crippen molar-refractivity contribution in [2.24, 2.45) is 4.99 Å². The van der Waals surface area contributed by atoms with Crippen LogP contribution >= 0.6 is 56.5 Å². The summed E-state index contributed by atoms with van der Waals surface area (Å²) in [4.78, 5) is 32.1. The van der Waals surface area contributed by atoms with E-state index < -0.39 is 12.0 Å². The molecule has 6 nitrogen and oxygen atoms in total.